The van der Waals surface area contributed by atoms with Gasteiger partial charge in [-0.05, 0) is 106 Å². The molecule has 464 valence electrons. The standard InChI is InChI=1S/C76H76ClNO11S/c1-50-36-38-54(39-37-50)75(53-24-12-9-13-25-53,64-34-22-23-35-65(64)77)89-72(84)52(49-90-76(55-26-14-10-15-27-55,56-28-16-11-17-29-56)57-40-42-58(85-8)43-41-57)44-67(79)66(47-70(82)88-74(5,6)7)78-71(83)51(46-69(81)87-73(2,3)4)45-68(80)86-48-63-61-32-20-18-30-59(61)60-31-19-21-33-62(60)63/h9-43,51-52,63,66H,44-49H2,1-8H3,(H,78,83)/t51-,52-,66-,75?/m0/s1. The molecule has 8 aromatic carbocycles. The predicted molar refractivity (Wildman–Crippen MR) is 352 cm³/mol. The molecule has 1 unspecified atom stereocenters. The fourth-order valence-electron chi connectivity index (χ4n) is 11.6. The highest BCUT2D eigenvalue weighted by molar-refractivity contribution is 8.00. The van der Waals surface area contributed by atoms with Crippen LogP contribution < -0.4 is 10.1 Å². The van der Waals surface area contributed by atoms with Crippen molar-refractivity contribution in [2.45, 2.75) is 108 Å². The van der Waals surface area contributed by atoms with Crippen LogP contribution >= 0.6 is 23.4 Å². The number of Topliss-reactive ketones (excluding diaryl/α,β-unsaturated/α-hetero) is 1. The summed E-state index contributed by atoms with van der Waals surface area (Å²) in [4.78, 5) is 89.3. The summed E-state index contributed by atoms with van der Waals surface area (Å²) < 4.78 is 29.3. The van der Waals surface area contributed by atoms with Crippen LogP contribution in [0.3, 0.4) is 0 Å². The molecule has 0 saturated carbocycles. The summed E-state index contributed by atoms with van der Waals surface area (Å²) in [5, 5.41) is 3.09. The lowest BCUT2D eigenvalue weighted by Crippen LogP contribution is -2.47. The predicted octanol–water partition coefficient (Wildman–Crippen LogP) is 15.1. The Morgan fingerprint density at radius 1 is 0.500 bits per heavy atom. The maximum Gasteiger partial charge on any atom is 0.311 e. The largest absolute Gasteiger partial charge is 0.497 e. The van der Waals surface area contributed by atoms with Crippen LogP contribution in [-0.2, 0) is 58.1 Å². The van der Waals surface area contributed by atoms with Gasteiger partial charge in [-0.3, -0.25) is 28.8 Å². The molecule has 90 heavy (non-hydrogen) atoms. The number of nitrogens with one attached hydrogen (secondary N) is 1. The Morgan fingerprint density at radius 3 is 1.49 bits per heavy atom. The number of aryl methyl sites for hydroxylation is 1. The van der Waals surface area contributed by atoms with E-state index in [0.29, 0.717) is 27.5 Å². The number of ether oxygens (including phenoxy) is 5. The van der Waals surface area contributed by atoms with E-state index < -0.39 is 101 Å². The van der Waals surface area contributed by atoms with Crippen LogP contribution in [0.25, 0.3) is 11.1 Å². The summed E-state index contributed by atoms with van der Waals surface area (Å²) in [6.45, 7) is 12.0. The molecule has 1 aliphatic rings. The number of methoxy groups -OCH3 is 1. The van der Waals surface area contributed by atoms with Crippen LogP contribution in [0.2, 0.25) is 5.02 Å². The third-order valence-corrected chi connectivity index (χ3v) is 17.8. The van der Waals surface area contributed by atoms with E-state index in [1.807, 2.05) is 201 Å². The van der Waals surface area contributed by atoms with Gasteiger partial charge in [-0.1, -0.05) is 211 Å². The minimum absolute atomic E-state index is 0.0524. The second-order valence-corrected chi connectivity index (χ2v) is 26.2. The third kappa shape index (κ3) is 15.6. The normalized spacial score (nSPS) is 13.9. The van der Waals surface area contributed by atoms with Gasteiger partial charge in [0.25, 0.3) is 0 Å². The summed E-state index contributed by atoms with van der Waals surface area (Å²) in [5.41, 5.74) is 5.43. The molecule has 1 aliphatic carbocycles. The molecule has 0 spiro atoms. The summed E-state index contributed by atoms with van der Waals surface area (Å²) in [6, 6.07) is 65.5. The van der Waals surface area contributed by atoms with Crippen molar-refractivity contribution in [3.63, 3.8) is 0 Å². The molecule has 12 nitrogen and oxygen atoms in total. The topological polar surface area (TPSA) is 161 Å². The van der Waals surface area contributed by atoms with Crippen molar-refractivity contribution in [3.8, 4) is 16.9 Å². The van der Waals surface area contributed by atoms with Crippen molar-refractivity contribution in [1.82, 2.24) is 5.32 Å². The average molecular weight is 1250 g/mol. The smallest absolute Gasteiger partial charge is 0.311 e. The fourth-order valence-corrected chi connectivity index (χ4v) is 13.5. The van der Waals surface area contributed by atoms with Gasteiger partial charge in [0.1, 0.15) is 23.6 Å². The monoisotopic (exact) mass is 1250 g/mol. The first-order chi connectivity index (χ1) is 43.1. The van der Waals surface area contributed by atoms with E-state index >= 15 is 14.4 Å². The number of fused-ring (bicyclic) bond motifs is 3. The molecule has 0 aliphatic heterocycles. The van der Waals surface area contributed by atoms with Crippen molar-refractivity contribution >= 4 is 58.9 Å². The first-order valence-electron chi connectivity index (χ1n) is 30.2. The van der Waals surface area contributed by atoms with E-state index in [4.69, 9.17) is 35.3 Å². The minimum atomic E-state index is -1.71. The Balaban J connectivity index is 1.12. The van der Waals surface area contributed by atoms with Crippen molar-refractivity contribution in [1.29, 1.82) is 0 Å². The number of hydrogen-bond donors (Lipinski definition) is 1. The van der Waals surface area contributed by atoms with Crippen LogP contribution in [0.4, 0.5) is 0 Å². The van der Waals surface area contributed by atoms with Gasteiger partial charge in [-0.25, -0.2) is 0 Å². The van der Waals surface area contributed by atoms with Crippen LogP contribution in [0.1, 0.15) is 123 Å². The van der Waals surface area contributed by atoms with Crippen LogP contribution in [0.5, 0.6) is 5.75 Å². The van der Waals surface area contributed by atoms with E-state index in [1.165, 1.54) is 11.8 Å². The highest BCUT2D eigenvalue weighted by atomic mass is 35.5. The second-order valence-electron chi connectivity index (χ2n) is 24.6. The molecule has 1 amide bonds. The van der Waals surface area contributed by atoms with Gasteiger partial charge >= 0.3 is 23.9 Å². The number of benzene rings is 8. The van der Waals surface area contributed by atoms with Gasteiger partial charge < -0.3 is 29.0 Å². The van der Waals surface area contributed by atoms with Gasteiger partial charge in [-0.15, -0.1) is 11.8 Å². The van der Waals surface area contributed by atoms with Crippen molar-refractivity contribution in [2.75, 3.05) is 19.5 Å². The molecule has 0 heterocycles. The zero-order chi connectivity index (χ0) is 64.2. The van der Waals surface area contributed by atoms with Crippen LogP contribution in [-0.4, -0.2) is 72.3 Å². The highest BCUT2D eigenvalue weighted by Crippen LogP contribution is 2.51. The Hall–Kier alpha value is -8.78. The molecule has 9 rings (SSSR count). The van der Waals surface area contributed by atoms with Crippen LogP contribution in [0.15, 0.2) is 212 Å². The van der Waals surface area contributed by atoms with Crippen molar-refractivity contribution < 1.29 is 52.5 Å². The van der Waals surface area contributed by atoms with Crippen LogP contribution in [0, 0.1) is 18.8 Å². The molecule has 0 saturated heterocycles. The van der Waals surface area contributed by atoms with Gasteiger partial charge in [-0.2, -0.15) is 0 Å². The second kappa shape index (κ2) is 28.8. The van der Waals surface area contributed by atoms with Gasteiger partial charge in [0.15, 0.2) is 11.4 Å². The molecule has 0 aromatic heterocycles. The number of amides is 1. The van der Waals surface area contributed by atoms with Crippen molar-refractivity contribution in [3.05, 3.63) is 267 Å². The number of esters is 4. The third-order valence-electron chi connectivity index (χ3n) is 15.8. The van der Waals surface area contributed by atoms with E-state index in [9.17, 15) is 14.4 Å². The lowest BCUT2D eigenvalue weighted by atomic mass is 9.79. The highest BCUT2D eigenvalue weighted by Gasteiger charge is 2.46. The first kappa shape index (κ1) is 65.7. The molecule has 4 atom stereocenters. The number of hydrogen-bond acceptors (Lipinski definition) is 12. The van der Waals surface area contributed by atoms with E-state index in [2.05, 4.69) is 5.32 Å². The van der Waals surface area contributed by atoms with Gasteiger partial charge in [0.05, 0.1) is 49.0 Å². The first-order valence-corrected chi connectivity index (χ1v) is 31.6. The number of halogens is 1. The van der Waals surface area contributed by atoms with E-state index in [1.54, 1.807) is 66.9 Å². The molecule has 0 bridgehead atoms. The Bertz CT molecular complexity index is 3720. The average Bonchev–Trinajstić information content (AvgIpc) is 0.953. The summed E-state index contributed by atoms with van der Waals surface area (Å²) >= 11 is 8.63. The molecule has 8 aromatic rings. The molecule has 1 N–H and O–H groups in total. The Labute approximate surface area is 537 Å². The lowest BCUT2D eigenvalue weighted by Gasteiger charge is -2.38. The number of ketones is 1. The Kier molecular flexibility index (Phi) is 21.0. The zero-order valence-electron chi connectivity index (χ0n) is 52.0. The SMILES string of the molecule is COc1ccc(C(SC[C@H](CC(=O)[C@H](CC(=O)OC(C)(C)C)NC(=O)[C@@H](CC(=O)OCC2c3ccccc3-c3ccccc32)CC(=O)OC(C)(C)C)C(=O)OC(c2ccccc2)(c2ccc(C)cc2)c2ccccc2Cl)(c2ccccc2)c2ccccc2)cc1. The maximum absolute atomic E-state index is 16.3. The maximum atomic E-state index is 16.3. The van der Waals surface area contributed by atoms with E-state index in [0.717, 1.165) is 44.5 Å². The number of carbonyl (C=O) groups excluding carboxylic acids is 6. The molecule has 14 heteroatoms. The summed E-state index contributed by atoms with van der Waals surface area (Å²) in [6.07, 6.45) is -2.44. The summed E-state index contributed by atoms with van der Waals surface area (Å²) in [5.74, 6) is -7.36. The van der Waals surface area contributed by atoms with Gasteiger partial charge in [0, 0.05) is 39.8 Å². The molecule has 0 fully saturated rings. The molecule has 0 radical (unpaired) electrons. The van der Waals surface area contributed by atoms with E-state index in [-0.39, 0.29) is 18.3 Å². The summed E-state index contributed by atoms with van der Waals surface area (Å²) in [7, 11) is 1.59. The quantitative estimate of drug-likeness (QED) is 0.0328. The zero-order valence-corrected chi connectivity index (χ0v) is 53.6. The number of rotatable bonds is 25. The molecular formula is C76H76ClNO11S. The lowest BCUT2D eigenvalue weighted by molar-refractivity contribution is -0.161. The number of carbonyl (C=O) groups is 6. The number of thioether (sulfide) groups is 1. The van der Waals surface area contributed by atoms with Crippen molar-refractivity contribution in [2.24, 2.45) is 11.8 Å². The molecular weight excluding hydrogens is 1170 g/mol. The fraction of sp³-hybridized carbons (Fsp3) is 0.289. The van der Waals surface area contributed by atoms with Gasteiger partial charge in [0.2, 0.25) is 5.91 Å². The Morgan fingerprint density at radius 2 is 0.956 bits per heavy atom. The minimum Gasteiger partial charge on any atom is -0.497 e.